The molecule has 0 amide bonds. The molecule has 0 radical (unpaired) electrons. The Labute approximate surface area is 78.6 Å². The third-order valence-corrected chi connectivity index (χ3v) is 2.15. The van der Waals surface area contributed by atoms with Crippen molar-refractivity contribution in [3.8, 4) is 0 Å². The van der Waals surface area contributed by atoms with E-state index in [9.17, 15) is 0 Å². The summed E-state index contributed by atoms with van der Waals surface area (Å²) in [5.74, 6) is 0. The quantitative estimate of drug-likeness (QED) is 0.654. The van der Waals surface area contributed by atoms with Crippen molar-refractivity contribution in [2.45, 2.75) is 13.5 Å². The molecule has 1 aromatic carbocycles. The summed E-state index contributed by atoms with van der Waals surface area (Å²) in [6.07, 6.45) is 4.17. The van der Waals surface area contributed by atoms with Gasteiger partial charge in [-0.2, -0.15) is 0 Å². The van der Waals surface area contributed by atoms with Crippen molar-refractivity contribution in [2.75, 3.05) is 0 Å². The summed E-state index contributed by atoms with van der Waals surface area (Å²) in [6.45, 7) is 3.08. The van der Waals surface area contributed by atoms with Crippen molar-refractivity contribution in [2.24, 2.45) is 0 Å². The van der Waals surface area contributed by atoms with Gasteiger partial charge in [0, 0.05) is 18.9 Å². The van der Waals surface area contributed by atoms with E-state index < -0.39 is 0 Å². The molecule has 0 aliphatic heterocycles. The van der Waals surface area contributed by atoms with Crippen LogP contribution in [-0.4, -0.2) is 4.57 Å². The van der Waals surface area contributed by atoms with E-state index in [1.807, 2.05) is 12.1 Å². The van der Waals surface area contributed by atoms with Gasteiger partial charge in [-0.1, -0.05) is 29.8 Å². The number of rotatable bonds is 2. The van der Waals surface area contributed by atoms with Gasteiger partial charge in [0.25, 0.3) is 0 Å². The number of aryl methyl sites for hydroxylation is 1. The second-order valence-corrected chi connectivity index (χ2v) is 3.34. The van der Waals surface area contributed by atoms with Crippen LogP contribution in [0.15, 0.2) is 48.8 Å². The number of hydrogen-bond acceptors (Lipinski definition) is 0. The molecule has 0 bridgehead atoms. The Morgan fingerprint density at radius 2 is 1.62 bits per heavy atom. The summed E-state index contributed by atoms with van der Waals surface area (Å²) in [6, 6.07) is 12.8. The lowest BCUT2D eigenvalue weighted by Gasteiger charge is -2.02. The molecule has 1 aromatic heterocycles. The normalized spacial score (nSPS) is 10.2. The third kappa shape index (κ3) is 2.00. The molecule has 0 saturated heterocycles. The van der Waals surface area contributed by atoms with Crippen LogP contribution in [0.5, 0.6) is 0 Å². The van der Waals surface area contributed by atoms with Crippen LogP contribution >= 0.6 is 0 Å². The fourth-order valence-corrected chi connectivity index (χ4v) is 1.38. The predicted molar refractivity (Wildman–Crippen MR) is 54.7 cm³/mol. The maximum atomic E-state index is 2.18. The largest absolute Gasteiger partial charge is 0.350 e. The molecule has 2 aromatic rings. The first-order valence-electron chi connectivity index (χ1n) is 4.51. The Bertz CT molecular complexity index is 357. The first kappa shape index (κ1) is 8.11. The Balaban J connectivity index is 2.15. The molecule has 13 heavy (non-hydrogen) atoms. The molecule has 0 spiro atoms. The summed E-state index contributed by atoms with van der Waals surface area (Å²) in [5.41, 5.74) is 2.66. The smallest absolute Gasteiger partial charge is 0.0470 e. The average Bonchev–Trinajstić information content (AvgIpc) is 2.62. The fourth-order valence-electron chi connectivity index (χ4n) is 1.38. The molecule has 1 heterocycles. The SMILES string of the molecule is Cc1ccc(Cn2cccc2)cc1. The third-order valence-electron chi connectivity index (χ3n) is 2.15. The summed E-state index contributed by atoms with van der Waals surface area (Å²) >= 11 is 0. The molecular weight excluding hydrogens is 158 g/mol. The molecule has 66 valence electrons. The van der Waals surface area contributed by atoms with E-state index in [0.29, 0.717) is 0 Å². The van der Waals surface area contributed by atoms with Crippen LogP contribution in [0, 0.1) is 6.92 Å². The van der Waals surface area contributed by atoms with Crippen LogP contribution in [0.25, 0.3) is 0 Å². The lowest BCUT2D eigenvalue weighted by atomic mass is 10.1. The molecule has 0 fully saturated rings. The van der Waals surface area contributed by atoms with Gasteiger partial charge in [-0.3, -0.25) is 0 Å². The van der Waals surface area contributed by atoms with E-state index in [-0.39, 0.29) is 0 Å². The minimum Gasteiger partial charge on any atom is -0.350 e. The van der Waals surface area contributed by atoms with E-state index in [4.69, 9.17) is 0 Å². The van der Waals surface area contributed by atoms with Gasteiger partial charge in [0.1, 0.15) is 0 Å². The molecule has 0 aliphatic rings. The molecular formula is C12H13N. The highest BCUT2D eigenvalue weighted by Crippen LogP contribution is 2.05. The molecule has 1 heteroatoms. The summed E-state index contributed by atoms with van der Waals surface area (Å²) < 4.78 is 2.17. The van der Waals surface area contributed by atoms with E-state index in [2.05, 4.69) is 48.1 Å². The summed E-state index contributed by atoms with van der Waals surface area (Å²) in [4.78, 5) is 0. The molecule has 0 atom stereocenters. The highest BCUT2D eigenvalue weighted by atomic mass is 14.9. The van der Waals surface area contributed by atoms with Crippen molar-refractivity contribution in [1.82, 2.24) is 4.57 Å². The van der Waals surface area contributed by atoms with Crippen LogP contribution in [0.2, 0.25) is 0 Å². The van der Waals surface area contributed by atoms with E-state index in [0.717, 1.165) is 6.54 Å². The number of nitrogens with zero attached hydrogens (tertiary/aromatic N) is 1. The highest BCUT2D eigenvalue weighted by Gasteiger charge is 1.92. The Hall–Kier alpha value is -1.50. The molecule has 1 nitrogen and oxygen atoms in total. The second kappa shape index (κ2) is 3.48. The zero-order chi connectivity index (χ0) is 9.10. The Kier molecular flexibility index (Phi) is 2.17. The zero-order valence-electron chi connectivity index (χ0n) is 7.77. The lowest BCUT2D eigenvalue weighted by molar-refractivity contribution is 0.806. The van der Waals surface area contributed by atoms with Gasteiger partial charge in [-0.25, -0.2) is 0 Å². The van der Waals surface area contributed by atoms with Gasteiger partial charge < -0.3 is 4.57 Å². The van der Waals surface area contributed by atoms with Crippen LogP contribution in [0.1, 0.15) is 11.1 Å². The standard InChI is InChI=1S/C12H13N/c1-11-4-6-12(7-5-11)10-13-8-2-3-9-13/h2-9H,10H2,1H3. The van der Waals surface area contributed by atoms with Crippen molar-refractivity contribution in [1.29, 1.82) is 0 Å². The molecule has 2 rings (SSSR count). The van der Waals surface area contributed by atoms with Crippen LogP contribution < -0.4 is 0 Å². The molecule has 0 unspecified atom stereocenters. The first-order valence-corrected chi connectivity index (χ1v) is 4.51. The van der Waals surface area contributed by atoms with Crippen molar-refractivity contribution in [3.63, 3.8) is 0 Å². The fraction of sp³-hybridized carbons (Fsp3) is 0.167. The van der Waals surface area contributed by atoms with E-state index in [1.54, 1.807) is 0 Å². The highest BCUT2D eigenvalue weighted by molar-refractivity contribution is 5.21. The zero-order valence-corrected chi connectivity index (χ0v) is 7.77. The Morgan fingerprint density at radius 3 is 2.23 bits per heavy atom. The predicted octanol–water partition coefficient (Wildman–Crippen LogP) is 2.84. The van der Waals surface area contributed by atoms with Gasteiger partial charge in [0.15, 0.2) is 0 Å². The van der Waals surface area contributed by atoms with E-state index in [1.165, 1.54) is 11.1 Å². The Morgan fingerprint density at radius 1 is 1.00 bits per heavy atom. The first-order chi connectivity index (χ1) is 6.34. The monoisotopic (exact) mass is 171 g/mol. The average molecular weight is 171 g/mol. The minimum atomic E-state index is 0.966. The van der Waals surface area contributed by atoms with Crippen LogP contribution in [-0.2, 0) is 6.54 Å². The maximum Gasteiger partial charge on any atom is 0.0470 e. The lowest BCUT2D eigenvalue weighted by Crippen LogP contribution is -1.95. The number of aromatic nitrogens is 1. The van der Waals surface area contributed by atoms with Crippen molar-refractivity contribution in [3.05, 3.63) is 59.9 Å². The summed E-state index contributed by atoms with van der Waals surface area (Å²) in [5, 5.41) is 0. The van der Waals surface area contributed by atoms with Crippen molar-refractivity contribution < 1.29 is 0 Å². The minimum absolute atomic E-state index is 0.966. The second-order valence-electron chi connectivity index (χ2n) is 3.34. The van der Waals surface area contributed by atoms with Crippen LogP contribution in [0.3, 0.4) is 0 Å². The van der Waals surface area contributed by atoms with Gasteiger partial charge >= 0.3 is 0 Å². The molecule has 0 saturated carbocycles. The number of benzene rings is 1. The van der Waals surface area contributed by atoms with Crippen molar-refractivity contribution >= 4 is 0 Å². The van der Waals surface area contributed by atoms with Gasteiger partial charge in [-0.15, -0.1) is 0 Å². The van der Waals surface area contributed by atoms with E-state index >= 15 is 0 Å². The number of hydrogen-bond donors (Lipinski definition) is 0. The topological polar surface area (TPSA) is 4.93 Å². The van der Waals surface area contributed by atoms with Gasteiger partial charge in [0.05, 0.1) is 0 Å². The van der Waals surface area contributed by atoms with Crippen LogP contribution in [0.4, 0.5) is 0 Å². The van der Waals surface area contributed by atoms with Gasteiger partial charge in [-0.05, 0) is 24.6 Å². The molecule has 0 aliphatic carbocycles. The maximum absolute atomic E-state index is 2.18. The summed E-state index contributed by atoms with van der Waals surface area (Å²) in [7, 11) is 0. The molecule has 0 N–H and O–H groups in total. The van der Waals surface area contributed by atoms with Gasteiger partial charge in [0.2, 0.25) is 0 Å².